The van der Waals surface area contributed by atoms with E-state index in [1.165, 1.54) is 18.2 Å². The van der Waals surface area contributed by atoms with E-state index in [1.807, 2.05) is 6.07 Å². The van der Waals surface area contributed by atoms with Crippen LogP contribution < -0.4 is 5.32 Å². The lowest BCUT2D eigenvalue weighted by molar-refractivity contribution is 0.612. The third kappa shape index (κ3) is 3.29. The Bertz CT molecular complexity index is 625. The minimum Gasteiger partial charge on any atom is -0.381 e. The molecule has 1 N–H and O–H groups in total. The summed E-state index contributed by atoms with van der Waals surface area (Å²) < 4.78 is 26.8. The molecular formula is C15H12F2N2. The number of halogens is 2. The molecule has 0 saturated heterocycles. The van der Waals surface area contributed by atoms with Crippen LogP contribution in [-0.4, -0.2) is 0 Å². The van der Waals surface area contributed by atoms with Gasteiger partial charge in [0, 0.05) is 17.8 Å². The minimum absolute atomic E-state index is 0.237. The van der Waals surface area contributed by atoms with Crippen molar-refractivity contribution in [2.75, 3.05) is 5.32 Å². The standard InChI is InChI=1S/C15H12F2N2/c1-10-4-13(16)7-14(5-10)19-9-12-3-2-11(8-18)6-15(12)17/h2-7,19H,9H2,1H3. The van der Waals surface area contributed by atoms with Crippen LogP contribution in [0.15, 0.2) is 36.4 Å². The van der Waals surface area contributed by atoms with Crippen molar-refractivity contribution in [3.05, 3.63) is 64.7 Å². The maximum Gasteiger partial charge on any atom is 0.129 e. The molecule has 4 heteroatoms. The molecule has 2 nitrogen and oxygen atoms in total. The van der Waals surface area contributed by atoms with Crippen LogP contribution in [0.4, 0.5) is 14.5 Å². The highest BCUT2D eigenvalue weighted by Gasteiger charge is 2.04. The van der Waals surface area contributed by atoms with Gasteiger partial charge in [0.25, 0.3) is 0 Å². The Balaban J connectivity index is 2.12. The number of rotatable bonds is 3. The van der Waals surface area contributed by atoms with Crippen molar-refractivity contribution in [2.24, 2.45) is 0 Å². The van der Waals surface area contributed by atoms with Gasteiger partial charge in [0.2, 0.25) is 0 Å². The Morgan fingerprint density at radius 1 is 1.16 bits per heavy atom. The molecule has 0 saturated carbocycles. The van der Waals surface area contributed by atoms with Crippen molar-refractivity contribution < 1.29 is 8.78 Å². The molecule has 0 fully saturated rings. The van der Waals surface area contributed by atoms with Crippen LogP contribution in [-0.2, 0) is 6.54 Å². The molecule has 2 aromatic rings. The Kier molecular flexibility index (Phi) is 3.76. The maximum absolute atomic E-state index is 13.6. The number of anilines is 1. The molecule has 2 rings (SSSR count). The van der Waals surface area contributed by atoms with Crippen molar-refractivity contribution in [1.82, 2.24) is 0 Å². The molecule has 0 aliphatic carbocycles. The van der Waals surface area contributed by atoms with E-state index in [2.05, 4.69) is 5.32 Å². The lowest BCUT2D eigenvalue weighted by Crippen LogP contribution is -2.02. The third-order valence-corrected chi connectivity index (χ3v) is 2.71. The molecule has 0 heterocycles. The third-order valence-electron chi connectivity index (χ3n) is 2.71. The quantitative estimate of drug-likeness (QED) is 0.909. The predicted octanol–water partition coefficient (Wildman–Crippen LogP) is 3.76. The van der Waals surface area contributed by atoms with E-state index in [4.69, 9.17) is 5.26 Å². The van der Waals surface area contributed by atoms with Crippen LogP contribution in [0.5, 0.6) is 0 Å². The number of nitriles is 1. The van der Waals surface area contributed by atoms with Crippen LogP contribution in [0.2, 0.25) is 0 Å². The number of hydrogen-bond acceptors (Lipinski definition) is 2. The second-order valence-electron chi connectivity index (χ2n) is 4.29. The summed E-state index contributed by atoms with van der Waals surface area (Å²) in [6.07, 6.45) is 0. The summed E-state index contributed by atoms with van der Waals surface area (Å²) in [5, 5.41) is 11.6. The summed E-state index contributed by atoms with van der Waals surface area (Å²) in [4.78, 5) is 0. The lowest BCUT2D eigenvalue weighted by atomic mass is 10.1. The first-order chi connectivity index (χ1) is 9.08. The van der Waals surface area contributed by atoms with E-state index in [0.717, 1.165) is 5.56 Å². The summed E-state index contributed by atoms with van der Waals surface area (Å²) in [7, 11) is 0. The molecule has 0 aromatic heterocycles. The summed E-state index contributed by atoms with van der Waals surface area (Å²) in [6, 6.07) is 10.7. The minimum atomic E-state index is -0.445. The molecule has 0 bridgehead atoms. The fourth-order valence-corrected chi connectivity index (χ4v) is 1.80. The van der Waals surface area contributed by atoms with Gasteiger partial charge in [0.1, 0.15) is 11.6 Å². The average molecular weight is 258 g/mol. The largest absolute Gasteiger partial charge is 0.381 e. The van der Waals surface area contributed by atoms with Gasteiger partial charge in [-0.15, -0.1) is 0 Å². The Morgan fingerprint density at radius 2 is 1.95 bits per heavy atom. The fourth-order valence-electron chi connectivity index (χ4n) is 1.80. The summed E-state index contributed by atoms with van der Waals surface area (Å²) in [5.41, 5.74) is 2.10. The van der Waals surface area contributed by atoms with Crippen molar-refractivity contribution >= 4 is 5.69 Å². The molecule has 0 unspecified atom stereocenters. The van der Waals surface area contributed by atoms with Gasteiger partial charge in [-0.05, 0) is 42.8 Å². The number of nitrogens with one attached hydrogen (secondary N) is 1. The van der Waals surface area contributed by atoms with Gasteiger partial charge in [-0.25, -0.2) is 8.78 Å². The highest BCUT2D eigenvalue weighted by atomic mass is 19.1. The molecule has 0 spiro atoms. The molecule has 0 amide bonds. The SMILES string of the molecule is Cc1cc(F)cc(NCc2ccc(C#N)cc2F)c1. The Morgan fingerprint density at radius 3 is 2.58 bits per heavy atom. The second-order valence-corrected chi connectivity index (χ2v) is 4.29. The molecule has 0 atom stereocenters. The van der Waals surface area contributed by atoms with Crippen LogP contribution in [0.25, 0.3) is 0 Å². The van der Waals surface area contributed by atoms with E-state index < -0.39 is 5.82 Å². The van der Waals surface area contributed by atoms with E-state index in [0.29, 0.717) is 11.3 Å². The zero-order valence-electron chi connectivity index (χ0n) is 10.4. The first-order valence-corrected chi connectivity index (χ1v) is 5.78. The highest BCUT2D eigenvalue weighted by Crippen LogP contribution is 2.16. The van der Waals surface area contributed by atoms with E-state index >= 15 is 0 Å². The summed E-state index contributed by atoms with van der Waals surface area (Å²) >= 11 is 0. The van der Waals surface area contributed by atoms with Gasteiger partial charge in [-0.1, -0.05) is 6.07 Å². The summed E-state index contributed by atoms with van der Waals surface area (Å²) in [6.45, 7) is 2.02. The maximum atomic E-state index is 13.6. The van der Waals surface area contributed by atoms with E-state index in [-0.39, 0.29) is 17.9 Å². The molecule has 0 aliphatic heterocycles. The van der Waals surface area contributed by atoms with E-state index in [9.17, 15) is 8.78 Å². The molecule has 0 radical (unpaired) electrons. The van der Waals surface area contributed by atoms with E-state index in [1.54, 1.807) is 25.1 Å². The van der Waals surface area contributed by atoms with Gasteiger partial charge in [-0.2, -0.15) is 5.26 Å². The van der Waals surface area contributed by atoms with Crippen LogP contribution in [0.3, 0.4) is 0 Å². The Labute approximate surface area is 110 Å². The monoisotopic (exact) mass is 258 g/mol. The van der Waals surface area contributed by atoms with Crippen LogP contribution >= 0.6 is 0 Å². The Hall–Kier alpha value is -2.41. The zero-order chi connectivity index (χ0) is 13.8. The summed E-state index contributed by atoms with van der Waals surface area (Å²) in [5.74, 6) is -0.775. The van der Waals surface area contributed by atoms with Crippen molar-refractivity contribution in [2.45, 2.75) is 13.5 Å². The van der Waals surface area contributed by atoms with Crippen LogP contribution in [0.1, 0.15) is 16.7 Å². The number of aryl methyl sites for hydroxylation is 1. The smallest absolute Gasteiger partial charge is 0.129 e. The zero-order valence-corrected chi connectivity index (χ0v) is 10.4. The predicted molar refractivity (Wildman–Crippen MR) is 69.6 cm³/mol. The number of benzene rings is 2. The molecule has 19 heavy (non-hydrogen) atoms. The molecule has 96 valence electrons. The highest BCUT2D eigenvalue weighted by molar-refractivity contribution is 5.46. The van der Waals surface area contributed by atoms with Gasteiger partial charge in [0.15, 0.2) is 0 Å². The number of hydrogen-bond donors (Lipinski definition) is 1. The first kappa shape index (κ1) is 13.0. The van der Waals surface area contributed by atoms with Gasteiger partial charge >= 0.3 is 0 Å². The van der Waals surface area contributed by atoms with Gasteiger partial charge in [-0.3, -0.25) is 0 Å². The lowest BCUT2D eigenvalue weighted by Gasteiger charge is -2.08. The van der Waals surface area contributed by atoms with Crippen LogP contribution in [0, 0.1) is 29.9 Å². The fraction of sp³-hybridized carbons (Fsp3) is 0.133. The van der Waals surface area contributed by atoms with Crippen molar-refractivity contribution in [3.63, 3.8) is 0 Å². The van der Waals surface area contributed by atoms with Gasteiger partial charge in [0.05, 0.1) is 11.6 Å². The molecular weight excluding hydrogens is 246 g/mol. The number of nitrogens with zero attached hydrogens (tertiary/aromatic N) is 1. The van der Waals surface area contributed by atoms with Crippen molar-refractivity contribution in [1.29, 1.82) is 5.26 Å². The second kappa shape index (κ2) is 5.49. The normalized spacial score (nSPS) is 10.0. The first-order valence-electron chi connectivity index (χ1n) is 5.78. The average Bonchev–Trinajstić information content (AvgIpc) is 2.36. The molecule has 2 aromatic carbocycles. The molecule has 0 aliphatic rings. The van der Waals surface area contributed by atoms with Gasteiger partial charge < -0.3 is 5.32 Å². The van der Waals surface area contributed by atoms with Crippen molar-refractivity contribution in [3.8, 4) is 6.07 Å². The topological polar surface area (TPSA) is 35.8 Å².